The van der Waals surface area contributed by atoms with Crippen molar-refractivity contribution in [1.82, 2.24) is 25.0 Å². The number of esters is 1. The van der Waals surface area contributed by atoms with Crippen molar-refractivity contribution in [3.63, 3.8) is 0 Å². The van der Waals surface area contributed by atoms with Gasteiger partial charge in [0.2, 0.25) is 0 Å². The zero-order valence-corrected chi connectivity index (χ0v) is 7.91. The normalized spacial score (nSPS) is 10.1. The van der Waals surface area contributed by atoms with Crippen molar-refractivity contribution in [1.29, 1.82) is 0 Å². The molecule has 0 saturated carbocycles. The van der Waals surface area contributed by atoms with E-state index in [9.17, 15) is 4.79 Å². The van der Waals surface area contributed by atoms with Gasteiger partial charge in [0.15, 0.2) is 5.69 Å². The van der Waals surface area contributed by atoms with E-state index in [2.05, 4.69) is 29.7 Å². The molecule has 2 aromatic rings. The molecule has 0 aliphatic carbocycles. The van der Waals surface area contributed by atoms with Crippen LogP contribution in [0, 0.1) is 0 Å². The highest BCUT2D eigenvalue weighted by Crippen LogP contribution is 2.21. The Hall–Kier alpha value is -1.83. The molecule has 0 bridgehead atoms. The number of ether oxygens (including phenoxy) is 1. The van der Waals surface area contributed by atoms with E-state index < -0.39 is 5.97 Å². The van der Waals surface area contributed by atoms with Crippen molar-refractivity contribution in [2.45, 2.75) is 0 Å². The van der Waals surface area contributed by atoms with Gasteiger partial charge in [-0.2, -0.15) is 10.3 Å². The SMILES string of the molecule is COC(=O)c1n[nH]nc1-c1cnns1. The Morgan fingerprint density at radius 1 is 1.57 bits per heavy atom. The lowest BCUT2D eigenvalue weighted by atomic mass is 10.3. The van der Waals surface area contributed by atoms with Crippen LogP contribution in [0.2, 0.25) is 0 Å². The number of aromatic nitrogens is 5. The summed E-state index contributed by atoms with van der Waals surface area (Å²) in [5.41, 5.74) is 0.547. The molecule has 0 radical (unpaired) electrons. The van der Waals surface area contributed by atoms with E-state index in [1.807, 2.05) is 0 Å². The van der Waals surface area contributed by atoms with Gasteiger partial charge in [-0.15, -0.1) is 10.2 Å². The van der Waals surface area contributed by atoms with Gasteiger partial charge in [-0.3, -0.25) is 0 Å². The number of methoxy groups -OCH3 is 1. The maximum atomic E-state index is 11.2. The van der Waals surface area contributed by atoms with Crippen LogP contribution >= 0.6 is 11.5 Å². The van der Waals surface area contributed by atoms with Gasteiger partial charge in [-0.05, 0) is 11.5 Å². The quantitative estimate of drug-likeness (QED) is 0.708. The Balaban J connectivity index is 2.45. The molecule has 2 rings (SSSR count). The van der Waals surface area contributed by atoms with Gasteiger partial charge < -0.3 is 4.74 Å². The monoisotopic (exact) mass is 211 g/mol. The average molecular weight is 211 g/mol. The molecule has 0 saturated heterocycles. The minimum absolute atomic E-state index is 0.138. The summed E-state index contributed by atoms with van der Waals surface area (Å²) in [4.78, 5) is 11.9. The van der Waals surface area contributed by atoms with Crippen molar-refractivity contribution in [2.75, 3.05) is 7.11 Å². The van der Waals surface area contributed by atoms with Crippen molar-refractivity contribution in [2.24, 2.45) is 0 Å². The van der Waals surface area contributed by atoms with Crippen LogP contribution < -0.4 is 0 Å². The zero-order valence-electron chi connectivity index (χ0n) is 7.09. The number of hydrogen-bond acceptors (Lipinski definition) is 7. The molecule has 0 unspecified atom stereocenters. The molecule has 2 aromatic heterocycles. The fourth-order valence-corrected chi connectivity index (χ4v) is 1.42. The van der Waals surface area contributed by atoms with E-state index in [1.54, 1.807) is 0 Å². The van der Waals surface area contributed by atoms with E-state index >= 15 is 0 Å². The maximum Gasteiger partial charge on any atom is 0.360 e. The first kappa shape index (κ1) is 8.75. The predicted octanol–water partition coefficient (Wildman–Crippen LogP) is 0.110. The van der Waals surface area contributed by atoms with Gasteiger partial charge in [0.05, 0.1) is 18.2 Å². The van der Waals surface area contributed by atoms with Crippen molar-refractivity contribution < 1.29 is 9.53 Å². The first-order chi connectivity index (χ1) is 6.83. The summed E-state index contributed by atoms with van der Waals surface area (Å²) in [6.45, 7) is 0. The Kier molecular flexibility index (Phi) is 2.19. The molecule has 0 aromatic carbocycles. The van der Waals surface area contributed by atoms with E-state index in [0.29, 0.717) is 10.6 Å². The van der Waals surface area contributed by atoms with E-state index in [0.717, 1.165) is 11.5 Å². The molecule has 0 atom stereocenters. The summed E-state index contributed by atoms with van der Waals surface area (Å²) in [6.07, 6.45) is 1.51. The summed E-state index contributed by atoms with van der Waals surface area (Å²) in [6, 6.07) is 0. The van der Waals surface area contributed by atoms with Crippen molar-refractivity contribution >= 4 is 17.5 Å². The molecular weight excluding hydrogens is 206 g/mol. The second-order valence-electron chi connectivity index (χ2n) is 2.29. The highest BCUT2D eigenvalue weighted by Gasteiger charge is 2.19. The topological polar surface area (TPSA) is 93.7 Å². The molecule has 0 amide bonds. The van der Waals surface area contributed by atoms with Gasteiger partial charge in [0.1, 0.15) is 5.69 Å². The summed E-state index contributed by atoms with van der Waals surface area (Å²) >= 11 is 1.13. The second kappa shape index (κ2) is 3.50. The van der Waals surface area contributed by atoms with Crippen molar-refractivity contribution in [3.05, 3.63) is 11.9 Å². The lowest BCUT2D eigenvalue weighted by Crippen LogP contribution is -2.03. The van der Waals surface area contributed by atoms with Crippen LogP contribution in [0.15, 0.2) is 6.20 Å². The second-order valence-corrected chi connectivity index (χ2v) is 3.08. The molecule has 0 spiro atoms. The highest BCUT2D eigenvalue weighted by molar-refractivity contribution is 7.09. The fourth-order valence-electron chi connectivity index (χ4n) is 0.913. The van der Waals surface area contributed by atoms with Gasteiger partial charge in [-0.25, -0.2) is 4.79 Å². The van der Waals surface area contributed by atoms with Gasteiger partial charge >= 0.3 is 5.97 Å². The third-order valence-corrected chi connectivity index (χ3v) is 2.19. The maximum absolute atomic E-state index is 11.2. The number of hydrogen-bond donors (Lipinski definition) is 1. The lowest BCUT2D eigenvalue weighted by molar-refractivity contribution is 0.0595. The molecular formula is C6H5N5O2S. The molecule has 2 heterocycles. The molecule has 7 nitrogen and oxygen atoms in total. The van der Waals surface area contributed by atoms with Gasteiger partial charge in [0, 0.05) is 0 Å². The van der Waals surface area contributed by atoms with Crippen LogP contribution in [-0.4, -0.2) is 38.1 Å². The number of nitrogens with zero attached hydrogens (tertiary/aromatic N) is 4. The molecule has 1 N–H and O–H groups in total. The summed E-state index contributed by atoms with van der Waals surface area (Å²) in [5.74, 6) is -0.540. The van der Waals surface area contributed by atoms with E-state index in [4.69, 9.17) is 0 Å². The van der Waals surface area contributed by atoms with Crippen LogP contribution in [-0.2, 0) is 4.74 Å². The minimum Gasteiger partial charge on any atom is -0.464 e. The Morgan fingerprint density at radius 2 is 2.43 bits per heavy atom. The van der Waals surface area contributed by atoms with Crippen LogP contribution in [0.25, 0.3) is 10.6 Å². The Labute approximate surface area is 82.3 Å². The largest absolute Gasteiger partial charge is 0.464 e. The number of carbonyl (C=O) groups excluding carboxylic acids is 1. The third kappa shape index (κ3) is 1.35. The van der Waals surface area contributed by atoms with Crippen LogP contribution in [0.1, 0.15) is 10.5 Å². The number of carbonyl (C=O) groups is 1. The summed E-state index contributed by atoms with van der Waals surface area (Å²) in [7, 11) is 1.28. The minimum atomic E-state index is -0.540. The molecule has 72 valence electrons. The smallest absolute Gasteiger partial charge is 0.360 e. The molecule has 14 heavy (non-hydrogen) atoms. The fraction of sp³-hybridized carbons (Fsp3) is 0.167. The molecule has 0 aliphatic rings. The first-order valence-electron chi connectivity index (χ1n) is 3.59. The summed E-state index contributed by atoms with van der Waals surface area (Å²) < 4.78 is 8.20. The number of rotatable bonds is 2. The van der Waals surface area contributed by atoms with Crippen molar-refractivity contribution in [3.8, 4) is 10.6 Å². The van der Waals surface area contributed by atoms with Crippen LogP contribution in [0.5, 0.6) is 0 Å². The lowest BCUT2D eigenvalue weighted by Gasteiger charge is -1.93. The van der Waals surface area contributed by atoms with Gasteiger partial charge in [-0.1, -0.05) is 4.49 Å². The number of H-pyrrole nitrogens is 1. The molecule has 0 fully saturated rings. The van der Waals surface area contributed by atoms with Gasteiger partial charge in [0.25, 0.3) is 0 Å². The Morgan fingerprint density at radius 3 is 3.07 bits per heavy atom. The van der Waals surface area contributed by atoms with E-state index in [-0.39, 0.29) is 5.69 Å². The third-order valence-electron chi connectivity index (χ3n) is 1.52. The molecule has 0 aliphatic heterocycles. The highest BCUT2D eigenvalue weighted by atomic mass is 32.1. The summed E-state index contributed by atoms with van der Waals surface area (Å²) in [5, 5.41) is 13.5. The van der Waals surface area contributed by atoms with Crippen LogP contribution in [0.3, 0.4) is 0 Å². The average Bonchev–Trinajstić information content (AvgIpc) is 2.85. The molecule has 8 heteroatoms. The number of nitrogens with one attached hydrogen (secondary N) is 1. The van der Waals surface area contributed by atoms with E-state index in [1.165, 1.54) is 13.3 Å². The van der Waals surface area contributed by atoms with Crippen LogP contribution in [0.4, 0.5) is 0 Å². The zero-order chi connectivity index (χ0) is 9.97. The predicted molar refractivity (Wildman–Crippen MR) is 46.6 cm³/mol. The first-order valence-corrected chi connectivity index (χ1v) is 4.37. The Bertz CT molecular complexity index is 437. The number of aromatic amines is 1. The standard InChI is InChI=1S/C6H5N5O2S/c1-13-6(12)5-4(8-10-9-5)3-2-7-11-14-3/h2H,1H3,(H,8,9,10).